The molecule has 1 aromatic carbocycles. The van der Waals surface area contributed by atoms with Gasteiger partial charge in [0.2, 0.25) is 0 Å². The zero-order valence-electron chi connectivity index (χ0n) is 8.13. The minimum Gasteiger partial charge on any atom is -0.480 e. The van der Waals surface area contributed by atoms with Gasteiger partial charge in [-0.25, -0.2) is 0 Å². The number of carbonyl (C=O) groups is 1. The van der Waals surface area contributed by atoms with Crippen LogP contribution in [0.25, 0.3) is 0 Å². The number of hydrogen-bond acceptors (Lipinski definition) is 2. The Balaban J connectivity index is 2.88. The first-order valence-corrected chi connectivity index (χ1v) is 5.14. The molecule has 0 saturated carbocycles. The molecule has 3 nitrogen and oxygen atoms in total. The number of carboxylic acids is 1. The Labute approximate surface area is 98.0 Å². The molecule has 0 radical (unpaired) electrons. The molecule has 0 spiro atoms. The van der Waals surface area contributed by atoms with Gasteiger partial charge in [0.05, 0.1) is 10.0 Å². The number of carboxylic acid groups (broad SMARTS) is 1. The fraction of sp³-hybridized carbons (Fsp3) is 0.300. The third-order valence-electron chi connectivity index (χ3n) is 2.10. The fourth-order valence-corrected chi connectivity index (χ4v) is 1.64. The molecule has 15 heavy (non-hydrogen) atoms. The van der Waals surface area contributed by atoms with E-state index < -0.39 is 12.0 Å². The molecule has 5 heteroatoms. The van der Waals surface area contributed by atoms with Crippen molar-refractivity contribution in [3.8, 4) is 0 Å². The van der Waals surface area contributed by atoms with Crippen LogP contribution in [-0.4, -0.2) is 24.2 Å². The van der Waals surface area contributed by atoms with E-state index in [2.05, 4.69) is 5.32 Å². The lowest BCUT2D eigenvalue weighted by atomic mass is 10.1. The van der Waals surface area contributed by atoms with Gasteiger partial charge < -0.3 is 10.4 Å². The first kappa shape index (κ1) is 12.3. The van der Waals surface area contributed by atoms with E-state index in [1.54, 1.807) is 25.2 Å². The van der Waals surface area contributed by atoms with Crippen molar-refractivity contribution in [3.05, 3.63) is 33.8 Å². The quantitative estimate of drug-likeness (QED) is 0.858. The standard InChI is InChI=1S/C10H11Cl2NO2/c1-13-8(10(14)15)5-6-3-2-4-7(11)9(6)12/h2-4,8,13H,5H2,1H3,(H,14,15)/t8-/m0/s1. The first-order chi connectivity index (χ1) is 7.06. The third-order valence-corrected chi connectivity index (χ3v) is 2.96. The van der Waals surface area contributed by atoms with Crippen molar-refractivity contribution in [2.24, 2.45) is 0 Å². The van der Waals surface area contributed by atoms with Gasteiger partial charge in [-0.3, -0.25) is 4.79 Å². The molecule has 0 saturated heterocycles. The molecular formula is C10H11Cl2NO2. The van der Waals surface area contributed by atoms with Crippen LogP contribution in [0.4, 0.5) is 0 Å². The summed E-state index contributed by atoms with van der Waals surface area (Å²) in [7, 11) is 1.59. The van der Waals surface area contributed by atoms with Gasteiger partial charge in [-0.05, 0) is 25.1 Å². The second-order valence-corrected chi connectivity index (χ2v) is 3.88. The molecule has 0 amide bonds. The lowest BCUT2D eigenvalue weighted by Crippen LogP contribution is -2.35. The van der Waals surface area contributed by atoms with Crippen LogP contribution >= 0.6 is 23.2 Å². The van der Waals surface area contributed by atoms with Crippen LogP contribution < -0.4 is 5.32 Å². The maximum absolute atomic E-state index is 10.8. The molecule has 0 bridgehead atoms. The lowest BCUT2D eigenvalue weighted by molar-refractivity contribution is -0.139. The van der Waals surface area contributed by atoms with E-state index in [1.165, 1.54) is 0 Å². The number of nitrogens with one attached hydrogen (secondary N) is 1. The maximum atomic E-state index is 10.8. The van der Waals surface area contributed by atoms with E-state index in [1.807, 2.05) is 0 Å². The molecule has 1 atom stereocenters. The van der Waals surface area contributed by atoms with Crippen molar-refractivity contribution in [1.29, 1.82) is 0 Å². The Morgan fingerprint density at radius 1 is 1.53 bits per heavy atom. The Hall–Kier alpha value is -0.770. The van der Waals surface area contributed by atoms with Crippen molar-refractivity contribution in [3.63, 3.8) is 0 Å². The molecule has 0 aliphatic carbocycles. The average molecular weight is 248 g/mol. The van der Waals surface area contributed by atoms with E-state index in [4.69, 9.17) is 28.3 Å². The largest absolute Gasteiger partial charge is 0.480 e. The van der Waals surface area contributed by atoms with Crippen LogP contribution in [0, 0.1) is 0 Å². The summed E-state index contributed by atoms with van der Waals surface area (Å²) in [5.74, 6) is -0.909. The second-order valence-electron chi connectivity index (χ2n) is 3.10. The summed E-state index contributed by atoms with van der Waals surface area (Å²) in [6, 6.07) is 4.53. The Morgan fingerprint density at radius 3 is 2.73 bits per heavy atom. The van der Waals surface area contributed by atoms with E-state index in [0.29, 0.717) is 16.5 Å². The van der Waals surface area contributed by atoms with Gasteiger partial charge in [0.15, 0.2) is 0 Å². The van der Waals surface area contributed by atoms with Crippen LogP contribution in [0.15, 0.2) is 18.2 Å². The van der Waals surface area contributed by atoms with Crippen molar-refractivity contribution < 1.29 is 9.90 Å². The van der Waals surface area contributed by atoms with Crippen molar-refractivity contribution in [2.75, 3.05) is 7.05 Å². The topological polar surface area (TPSA) is 49.3 Å². The molecular weight excluding hydrogens is 237 g/mol. The summed E-state index contributed by atoms with van der Waals surface area (Å²) < 4.78 is 0. The normalized spacial score (nSPS) is 12.5. The average Bonchev–Trinajstić information content (AvgIpc) is 2.19. The van der Waals surface area contributed by atoms with Gasteiger partial charge in [-0.1, -0.05) is 35.3 Å². The first-order valence-electron chi connectivity index (χ1n) is 4.39. The van der Waals surface area contributed by atoms with Gasteiger partial charge in [0, 0.05) is 0 Å². The van der Waals surface area contributed by atoms with E-state index in [9.17, 15) is 4.79 Å². The highest BCUT2D eigenvalue weighted by Crippen LogP contribution is 2.26. The summed E-state index contributed by atoms with van der Waals surface area (Å²) in [4.78, 5) is 10.8. The highest BCUT2D eigenvalue weighted by atomic mass is 35.5. The predicted octanol–water partition coefficient (Wildman–Crippen LogP) is 2.21. The smallest absolute Gasteiger partial charge is 0.321 e. The predicted molar refractivity (Wildman–Crippen MR) is 60.6 cm³/mol. The van der Waals surface area contributed by atoms with E-state index in [-0.39, 0.29) is 0 Å². The van der Waals surface area contributed by atoms with E-state index in [0.717, 1.165) is 5.56 Å². The summed E-state index contributed by atoms with van der Waals surface area (Å²) in [5.41, 5.74) is 0.728. The van der Waals surface area contributed by atoms with Crippen molar-refractivity contribution >= 4 is 29.2 Å². The molecule has 0 aromatic heterocycles. The zero-order chi connectivity index (χ0) is 11.4. The van der Waals surface area contributed by atoms with Gasteiger partial charge in [0.25, 0.3) is 0 Å². The van der Waals surface area contributed by atoms with Crippen LogP contribution in [0.3, 0.4) is 0 Å². The highest BCUT2D eigenvalue weighted by Gasteiger charge is 2.17. The molecule has 2 N–H and O–H groups in total. The minimum absolute atomic E-state index is 0.311. The van der Waals surface area contributed by atoms with Crippen LogP contribution in [0.5, 0.6) is 0 Å². The van der Waals surface area contributed by atoms with Gasteiger partial charge in [-0.15, -0.1) is 0 Å². The summed E-state index contributed by atoms with van der Waals surface area (Å²) in [5, 5.41) is 12.4. The molecule has 1 rings (SSSR count). The van der Waals surface area contributed by atoms with Crippen LogP contribution in [0.1, 0.15) is 5.56 Å². The fourth-order valence-electron chi connectivity index (χ4n) is 1.24. The minimum atomic E-state index is -0.909. The third kappa shape index (κ3) is 3.09. The number of aliphatic carboxylic acids is 1. The maximum Gasteiger partial charge on any atom is 0.321 e. The summed E-state index contributed by atoms with van der Waals surface area (Å²) in [6.07, 6.45) is 0.311. The number of halogens is 2. The molecule has 82 valence electrons. The SMILES string of the molecule is CN[C@@H](Cc1cccc(Cl)c1Cl)C(=O)O. The number of hydrogen-bond donors (Lipinski definition) is 2. The van der Waals surface area contributed by atoms with Gasteiger partial charge >= 0.3 is 5.97 Å². The molecule has 0 unspecified atom stereocenters. The van der Waals surface area contributed by atoms with Crippen molar-refractivity contribution in [1.82, 2.24) is 5.32 Å². The molecule has 0 fully saturated rings. The summed E-state index contributed by atoms with van der Waals surface area (Å²) in [6.45, 7) is 0. The number of benzene rings is 1. The Morgan fingerprint density at radius 2 is 2.20 bits per heavy atom. The lowest BCUT2D eigenvalue weighted by Gasteiger charge is -2.12. The number of rotatable bonds is 4. The van der Waals surface area contributed by atoms with E-state index >= 15 is 0 Å². The molecule has 0 aliphatic heterocycles. The molecule has 0 heterocycles. The Kier molecular flexibility index (Phi) is 4.39. The monoisotopic (exact) mass is 247 g/mol. The summed E-state index contributed by atoms with van der Waals surface area (Å²) >= 11 is 11.8. The van der Waals surface area contributed by atoms with Crippen LogP contribution in [-0.2, 0) is 11.2 Å². The second kappa shape index (κ2) is 5.35. The molecule has 0 aliphatic rings. The van der Waals surface area contributed by atoms with Gasteiger partial charge in [0.1, 0.15) is 6.04 Å². The highest BCUT2D eigenvalue weighted by molar-refractivity contribution is 6.42. The zero-order valence-corrected chi connectivity index (χ0v) is 9.64. The van der Waals surface area contributed by atoms with Gasteiger partial charge in [-0.2, -0.15) is 0 Å². The molecule has 1 aromatic rings. The van der Waals surface area contributed by atoms with Crippen molar-refractivity contribution in [2.45, 2.75) is 12.5 Å². The van der Waals surface area contributed by atoms with Crippen LogP contribution in [0.2, 0.25) is 10.0 Å². The Bertz CT molecular complexity index is 368. The number of likely N-dealkylation sites (N-methyl/N-ethyl adjacent to an activating group) is 1.